The van der Waals surface area contributed by atoms with Crippen LogP contribution in [0.5, 0.6) is 0 Å². The second-order valence-electron chi connectivity index (χ2n) is 5.07. The van der Waals surface area contributed by atoms with Crippen LogP contribution < -0.4 is 5.31 Å². The number of hydrogen-bond acceptors (Lipinski definition) is 3. The number of ether oxygens (including phenoxy) is 1. The van der Waals surface area contributed by atoms with Crippen LogP contribution in [0.4, 0.5) is 4.79 Å². The molecule has 21 heavy (non-hydrogen) atoms. The predicted molar refractivity (Wildman–Crippen MR) is 82.5 cm³/mol. The van der Waals surface area contributed by atoms with Crippen molar-refractivity contribution in [2.45, 2.75) is 18.8 Å². The summed E-state index contributed by atoms with van der Waals surface area (Å²) in [5.41, 5.74) is -0.0977. The van der Waals surface area contributed by atoms with Gasteiger partial charge in [0.2, 0.25) is 0 Å². The van der Waals surface area contributed by atoms with E-state index in [4.69, 9.17) is 15.8 Å². The minimum absolute atomic E-state index is 0.0215. The number of aromatic nitrogens is 1. The number of benzene rings is 1. The number of hydrogen-bond donors (Lipinski definition) is 2. The Bertz CT molecular complexity index is 993. The molecule has 1 aromatic heterocycles. The van der Waals surface area contributed by atoms with Crippen molar-refractivity contribution >= 4 is 17.0 Å². The fourth-order valence-corrected chi connectivity index (χ4v) is 2.02. The molecule has 1 atom stereocenters. The number of cyclic esters (lactones) is 1. The molecule has 1 aliphatic rings. The number of likely N-dealkylation sites (N-methyl/N-ethyl adjacent to an activating group) is 1. The molecule has 0 saturated carbocycles. The first-order valence-electron chi connectivity index (χ1n) is 10.4. The first-order chi connectivity index (χ1) is 13.3. The van der Waals surface area contributed by atoms with Crippen LogP contribution in [-0.4, -0.2) is 49.2 Å². The Morgan fingerprint density at radius 1 is 1.62 bits per heavy atom. The number of alkyl carbamates (subject to hydrolysis) is 1. The van der Waals surface area contributed by atoms with E-state index in [1.165, 1.54) is 6.20 Å². The Hall–Kier alpha value is -2.01. The second-order valence-corrected chi connectivity index (χ2v) is 5.07. The third kappa shape index (κ3) is 3.19. The lowest BCUT2D eigenvalue weighted by atomic mass is 10.0. The maximum absolute atomic E-state index is 11.5. The number of H-pyrrole nitrogens is 1. The van der Waals surface area contributed by atoms with E-state index in [1.807, 2.05) is 0 Å². The number of nitrogens with one attached hydrogen (secondary N) is 2. The van der Waals surface area contributed by atoms with Crippen LogP contribution in [0.3, 0.4) is 0 Å². The van der Waals surface area contributed by atoms with Gasteiger partial charge < -0.3 is 19.9 Å². The van der Waals surface area contributed by atoms with Gasteiger partial charge in [0.1, 0.15) is 6.61 Å². The Kier molecular flexibility index (Phi) is 2.01. The van der Waals surface area contributed by atoms with E-state index in [0.29, 0.717) is 5.31 Å². The molecule has 1 amide bonds. The molecule has 5 heteroatoms. The van der Waals surface area contributed by atoms with Crippen LogP contribution in [-0.2, 0) is 17.5 Å². The summed E-state index contributed by atoms with van der Waals surface area (Å²) in [7, 11) is 3.37. The summed E-state index contributed by atoms with van der Waals surface area (Å²) in [6.07, 6.45) is -2.15. The normalized spacial score (nSPS) is 28.3. The van der Waals surface area contributed by atoms with Crippen molar-refractivity contribution in [2.24, 2.45) is 0 Å². The van der Waals surface area contributed by atoms with Crippen molar-refractivity contribution in [3.8, 4) is 0 Å². The molecule has 1 saturated heterocycles. The van der Waals surface area contributed by atoms with Gasteiger partial charge in [0.15, 0.2) is 2.82 Å². The van der Waals surface area contributed by atoms with Crippen molar-refractivity contribution in [2.75, 3.05) is 27.2 Å². The molecular weight excluding hydrogens is 266 g/mol. The highest BCUT2D eigenvalue weighted by Crippen LogP contribution is 2.21. The van der Waals surface area contributed by atoms with Gasteiger partial charge in [-0.1, -0.05) is 6.04 Å². The molecule has 3 rings (SSSR count). The fraction of sp³-hybridized carbons (Fsp3) is 0.438. The van der Waals surface area contributed by atoms with Crippen LogP contribution >= 0.6 is 0 Å². The summed E-state index contributed by atoms with van der Waals surface area (Å²) in [4.78, 5) is 13.9. The third-order valence-corrected chi connectivity index (χ3v) is 3.01. The number of carbonyl (C=O) groups is 1. The zero-order valence-electron chi connectivity index (χ0n) is 19.9. The molecule has 0 spiro atoms. The van der Waals surface area contributed by atoms with E-state index >= 15 is 0 Å². The second kappa shape index (κ2) is 5.77. The molecule has 1 aliphatic heterocycles. The number of fused-ring (bicyclic) bond motifs is 1. The highest BCUT2D eigenvalue weighted by atomic mass is 16.6. The summed E-state index contributed by atoms with van der Waals surface area (Å²) in [5.74, 6) is 0. The Morgan fingerprint density at radius 3 is 3.19 bits per heavy atom. The monoisotopic (exact) mass is 295 g/mol. The lowest BCUT2D eigenvalue weighted by molar-refractivity contribution is 0.177. The van der Waals surface area contributed by atoms with Gasteiger partial charge in [0.25, 0.3) is 0 Å². The molecule has 0 radical (unpaired) electrons. The largest absolute Gasteiger partial charge is 0.447 e. The molecule has 2 aromatic rings. The first kappa shape index (κ1) is 7.31. The van der Waals surface area contributed by atoms with Crippen LogP contribution in [0.15, 0.2) is 24.3 Å². The van der Waals surface area contributed by atoms with Gasteiger partial charge in [-0.05, 0) is 50.1 Å². The van der Waals surface area contributed by atoms with Gasteiger partial charge in [-0.3, -0.25) is 0 Å². The van der Waals surface area contributed by atoms with Crippen LogP contribution in [0.1, 0.15) is 19.4 Å². The number of nitrogens with zero attached hydrogens (tertiary/aromatic N) is 1. The van der Waals surface area contributed by atoms with E-state index in [1.54, 1.807) is 19.0 Å². The van der Waals surface area contributed by atoms with Crippen molar-refractivity contribution in [1.82, 2.24) is 15.2 Å². The van der Waals surface area contributed by atoms with Crippen LogP contribution in [0.25, 0.3) is 10.9 Å². The topological polar surface area (TPSA) is 57.4 Å². The van der Waals surface area contributed by atoms with Gasteiger partial charge in [0.05, 0.1) is 11.5 Å². The molecule has 1 fully saturated rings. The highest BCUT2D eigenvalue weighted by Gasteiger charge is 2.22. The number of aromatic amines is 1. The fourth-order valence-electron chi connectivity index (χ4n) is 2.02. The predicted octanol–water partition coefficient (Wildman–Crippen LogP) is 1.92. The maximum atomic E-state index is 11.5. The van der Waals surface area contributed by atoms with Crippen molar-refractivity contribution in [3.05, 3.63) is 35.5 Å². The maximum Gasteiger partial charge on any atom is 0.407 e. The summed E-state index contributed by atoms with van der Waals surface area (Å²) < 4.78 is 70.8. The highest BCUT2D eigenvalue weighted by molar-refractivity contribution is 5.84. The van der Waals surface area contributed by atoms with Gasteiger partial charge in [-0.25, -0.2) is 4.79 Å². The number of carbonyl (C=O) groups excluding carboxylic acids is 1. The zero-order chi connectivity index (χ0) is 21.9. The summed E-state index contributed by atoms with van der Waals surface area (Å²) in [6.45, 7) is -0.449. The van der Waals surface area contributed by atoms with E-state index in [9.17, 15) is 4.79 Å². The zero-order valence-corrected chi connectivity index (χ0v) is 11.9. The summed E-state index contributed by atoms with van der Waals surface area (Å²) >= 11 is 0. The third-order valence-electron chi connectivity index (χ3n) is 3.01. The van der Waals surface area contributed by atoms with Gasteiger partial charge in [-0.15, -0.1) is 0 Å². The Morgan fingerprint density at radius 2 is 2.48 bits per heavy atom. The van der Waals surface area contributed by atoms with E-state index in [2.05, 4.69) is 0 Å². The molecule has 2 N–H and O–H groups in total. The molecular formula is C16H21N3O2. The van der Waals surface area contributed by atoms with Crippen molar-refractivity contribution in [1.29, 1.82) is 0 Å². The molecule has 112 valence electrons. The van der Waals surface area contributed by atoms with Gasteiger partial charge >= 0.3 is 6.09 Å². The SMILES string of the molecule is [2H]c1c(C[C@@]2([2H])COC(=O)N2[2H])c([2H])c2c(C([2H])([2H])CN(C)C)cn([2H])c2c1[2H]. The Balaban J connectivity index is 2.23. The van der Waals surface area contributed by atoms with Crippen LogP contribution in [0, 0.1) is 0 Å². The van der Waals surface area contributed by atoms with Crippen LogP contribution in [0.2, 0.25) is 2.82 Å². The number of rotatable bonds is 5. The lowest BCUT2D eigenvalue weighted by Crippen LogP contribution is -2.28. The molecule has 0 unspecified atom stereocenters. The lowest BCUT2D eigenvalue weighted by Gasteiger charge is -2.09. The first-order valence-corrected chi connectivity index (χ1v) is 6.54. The standard InChI is InChI=1S/C16H21N3O2/c1-19(2)6-5-12-9-17-15-4-3-11(8-14(12)15)7-13-10-21-16(20)18-13/h3-4,8-9,13,17H,5-7,10H2,1-2H3,(H,18,20)/t13-/m0/s1/i3D,4D,5D2,8D,13D/hD2. The molecule has 5 nitrogen and oxygen atoms in total. The minimum atomic E-state index is -1.94. The molecule has 0 aliphatic carbocycles. The number of amides is 1. The van der Waals surface area contributed by atoms with Gasteiger partial charge in [0, 0.05) is 26.4 Å². The Labute approximate surface area is 135 Å². The average Bonchev–Trinajstić information content (AvgIpc) is 3.09. The minimum Gasteiger partial charge on any atom is -0.447 e. The van der Waals surface area contributed by atoms with Gasteiger partial charge in [-0.2, -0.15) is 0 Å². The molecule has 0 bridgehead atoms. The summed E-state index contributed by atoms with van der Waals surface area (Å²) in [6, 6.07) is -2.93. The smallest absolute Gasteiger partial charge is 0.407 e. The van der Waals surface area contributed by atoms with E-state index in [-0.39, 0.29) is 40.7 Å². The van der Waals surface area contributed by atoms with E-state index in [0.717, 1.165) is 4.98 Å². The molecule has 2 heterocycles. The van der Waals surface area contributed by atoms with E-state index < -0.39 is 37.6 Å². The average molecular weight is 295 g/mol. The van der Waals surface area contributed by atoms with Crippen molar-refractivity contribution < 1.29 is 20.6 Å². The quantitative estimate of drug-likeness (QED) is 0.886. The molecule has 1 aromatic carbocycles. The summed E-state index contributed by atoms with van der Waals surface area (Å²) in [5, 5.41) is 0.356. The van der Waals surface area contributed by atoms with Crippen molar-refractivity contribution in [3.63, 3.8) is 0 Å².